The van der Waals surface area contributed by atoms with Gasteiger partial charge in [0, 0.05) is 26.2 Å². The standard InChI is InChI=1S/C15H16F3N5O/c1-24-12-9-20-14(21-10-12)23-6-4-22(5-7-23)11-2-3-13(19-8-11)15(16,17)18/h2-3,8-10H,4-7H2,1H3. The zero-order valence-electron chi connectivity index (χ0n) is 13.0. The first-order chi connectivity index (χ1) is 11.5. The van der Waals surface area contributed by atoms with Crippen LogP contribution in [0.3, 0.4) is 0 Å². The van der Waals surface area contributed by atoms with Crippen molar-refractivity contribution < 1.29 is 17.9 Å². The highest BCUT2D eigenvalue weighted by atomic mass is 19.4. The molecule has 0 N–H and O–H groups in total. The average molecular weight is 339 g/mol. The van der Waals surface area contributed by atoms with E-state index in [4.69, 9.17) is 4.74 Å². The molecular weight excluding hydrogens is 323 g/mol. The molecule has 0 aliphatic carbocycles. The zero-order valence-corrected chi connectivity index (χ0v) is 13.0. The number of nitrogens with zero attached hydrogens (tertiary/aromatic N) is 5. The van der Waals surface area contributed by atoms with Gasteiger partial charge in [0.15, 0.2) is 5.75 Å². The Hall–Kier alpha value is -2.58. The predicted molar refractivity (Wildman–Crippen MR) is 82.2 cm³/mol. The Kier molecular flexibility index (Phi) is 4.41. The number of methoxy groups -OCH3 is 1. The molecule has 2 aromatic heterocycles. The van der Waals surface area contributed by atoms with Crippen molar-refractivity contribution in [3.05, 3.63) is 36.4 Å². The number of anilines is 2. The third-order valence-electron chi connectivity index (χ3n) is 3.82. The van der Waals surface area contributed by atoms with Gasteiger partial charge < -0.3 is 14.5 Å². The normalized spacial score (nSPS) is 15.5. The van der Waals surface area contributed by atoms with Crippen molar-refractivity contribution in [2.45, 2.75) is 6.18 Å². The van der Waals surface area contributed by atoms with Crippen molar-refractivity contribution in [2.24, 2.45) is 0 Å². The van der Waals surface area contributed by atoms with E-state index in [0.29, 0.717) is 43.6 Å². The zero-order chi connectivity index (χ0) is 17.2. The second-order valence-electron chi connectivity index (χ2n) is 5.30. The van der Waals surface area contributed by atoms with E-state index in [1.807, 2.05) is 9.80 Å². The molecule has 0 saturated carbocycles. The molecule has 2 aromatic rings. The van der Waals surface area contributed by atoms with Gasteiger partial charge in [0.2, 0.25) is 5.95 Å². The van der Waals surface area contributed by atoms with E-state index in [9.17, 15) is 13.2 Å². The third kappa shape index (κ3) is 3.50. The Balaban J connectivity index is 1.62. The molecule has 0 radical (unpaired) electrons. The van der Waals surface area contributed by atoms with Crippen LogP contribution in [-0.2, 0) is 6.18 Å². The van der Waals surface area contributed by atoms with Crippen LogP contribution in [0.5, 0.6) is 5.75 Å². The van der Waals surface area contributed by atoms with E-state index < -0.39 is 11.9 Å². The molecule has 24 heavy (non-hydrogen) atoms. The van der Waals surface area contributed by atoms with Gasteiger partial charge in [-0.25, -0.2) is 15.0 Å². The number of ether oxygens (including phenoxy) is 1. The maximum absolute atomic E-state index is 12.5. The molecule has 1 aliphatic heterocycles. The number of halogens is 3. The predicted octanol–water partition coefficient (Wildman–Crippen LogP) is 2.23. The van der Waals surface area contributed by atoms with Crippen LogP contribution in [0.2, 0.25) is 0 Å². The molecule has 128 valence electrons. The van der Waals surface area contributed by atoms with Crippen LogP contribution in [0.25, 0.3) is 0 Å². The van der Waals surface area contributed by atoms with Gasteiger partial charge in [-0.15, -0.1) is 0 Å². The smallest absolute Gasteiger partial charge is 0.433 e. The molecular formula is C15H16F3N5O. The van der Waals surface area contributed by atoms with E-state index in [2.05, 4.69) is 15.0 Å². The summed E-state index contributed by atoms with van der Waals surface area (Å²) >= 11 is 0. The quantitative estimate of drug-likeness (QED) is 0.855. The number of piperazine rings is 1. The van der Waals surface area contributed by atoms with Crippen LogP contribution in [0, 0.1) is 0 Å². The minimum absolute atomic E-state index is 0.591. The van der Waals surface area contributed by atoms with Crippen molar-refractivity contribution in [1.29, 1.82) is 0 Å². The molecule has 0 amide bonds. The first-order valence-corrected chi connectivity index (χ1v) is 7.36. The Morgan fingerprint density at radius 2 is 1.54 bits per heavy atom. The monoisotopic (exact) mass is 339 g/mol. The summed E-state index contributed by atoms with van der Waals surface area (Å²) in [7, 11) is 1.55. The maximum atomic E-state index is 12.5. The van der Waals surface area contributed by atoms with Gasteiger partial charge in [-0.05, 0) is 12.1 Å². The summed E-state index contributed by atoms with van der Waals surface area (Å²) in [6.07, 6.45) is 0.0638. The lowest BCUT2D eigenvalue weighted by molar-refractivity contribution is -0.141. The molecule has 0 aromatic carbocycles. The summed E-state index contributed by atoms with van der Waals surface area (Å²) in [6.45, 7) is 2.66. The molecule has 0 spiro atoms. The lowest BCUT2D eigenvalue weighted by Crippen LogP contribution is -2.47. The molecule has 6 nitrogen and oxygen atoms in total. The number of alkyl halides is 3. The van der Waals surface area contributed by atoms with Crippen LogP contribution in [0.15, 0.2) is 30.7 Å². The van der Waals surface area contributed by atoms with Crippen molar-refractivity contribution in [2.75, 3.05) is 43.1 Å². The number of hydrogen-bond donors (Lipinski definition) is 0. The fraction of sp³-hybridized carbons (Fsp3) is 0.400. The van der Waals surface area contributed by atoms with Gasteiger partial charge in [-0.1, -0.05) is 0 Å². The maximum Gasteiger partial charge on any atom is 0.433 e. The Bertz CT molecular complexity index is 667. The molecule has 3 heterocycles. The first-order valence-electron chi connectivity index (χ1n) is 7.36. The summed E-state index contributed by atoms with van der Waals surface area (Å²) in [4.78, 5) is 16.0. The fourth-order valence-corrected chi connectivity index (χ4v) is 2.48. The second kappa shape index (κ2) is 6.50. The van der Waals surface area contributed by atoms with Crippen molar-refractivity contribution in [3.8, 4) is 5.75 Å². The highest BCUT2D eigenvalue weighted by molar-refractivity contribution is 5.47. The summed E-state index contributed by atoms with van der Waals surface area (Å²) in [5, 5.41) is 0. The lowest BCUT2D eigenvalue weighted by atomic mass is 10.2. The summed E-state index contributed by atoms with van der Waals surface area (Å²) in [6, 6.07) is 2.46. The minimum atomic E-state index is -4.41. The van der Waals surface area contributed by atoms with Crippen LogP contribution in [-0.4, -0.2) is 48.2 Å². The van der Waals surface area contributed by atoms with Gasteiger partial charge in [0.1, 0.15) is 5.69 Å². The van der Waals surface area contributed by atoms with E-state index >= 15 is 0 Å². The summed E-state index contributed by atoms with van der Waals surface area (Å²) in [5.74, 6) is 1.20. The van der Waals surface area contributed by atoms with Crippen LogP contribution >= 0.6 is 0 Å². The molecule has 3 rings (SSSR count). The number of pyridine rings is 1. The molecule has 0 unspecified atom stereocenters. The van der Waals surface area contributed by atoms with E-state index in [1.54, 1.807) is 19.5 Å². The minimum Gasteiger partial charge on any atom is -0.494 e. The van der Waals surface area contributed by atoms with E-state index in [0.717, 1.165) is 6.07 Å². The molecule has 0 atom stereocenters. The van der Waals surface area contributed by atoms with Gasteiger partial charge in [-0.3, -0.25) is 0 Å². The van der Waals surface area contributed by atoms with Crippen LogP contribution in [0.1, 0.15) is 5.69 Å². The molecule has 1 fully saturated rings. The summed E-state index contributed by atoms with van der Waals surface area (Å²) < 4.78 is 42.7. The van der Waals surface area contributed by atoms with Crippen LogP contribution in [0.4, 0.5) is 24.8 Å². The van der Waals surface area contributed by atoms with Gasteiger partial charge in [0.05, 0.1) is 31.4 Å². The molecule has 9 heteroatoms. The topological polar surface area (TPSA) is 54.4 Å². The average Bonchev–Trinajstić information content (AvgIpc) is 2.61. The molecule has 1 aliphatic rings. The molecule has 0 bridgehead atoms. The fourth-order valence-electron chi connectivity index (χ4n) is 2.48. The number of hydrogen-bond acceptors (Lipinski definition) is 6. The lowest BCUT2D eigenvalue weighted by Gasteiger charge is -2.35. The highest BCUT2D eigenvalue weighted by Gasteiger charge is 2.32. The first kappa shape index (κ1) is 16.3. The number of aromatic nitrogens is 3. The SMILES string of the molecule is COc1cnc(N2CCN(c3ccc(C(F)(F)F)nc3)CC2)nc1. The number of rotatable bonds is 3. The van der Waals surface area contributed by atoms with E-state index in [-0.39, 0.29) is 0 Å². The van der Waals surface area contributed by atoms with Gasteiger partial charge in [0.25, 0.3) is 0 Å². The van der Waals surface area contributed by atoms with Crippen molar-refractivity contribution >= 4 is 11.6 Å². The second-order valence-corrected chi connectivity index (χ2v) is 5.30. The third-order valence-corrected chi connectivity index (χ3v) is 3.82. The van der Waals surface area contributed by atoms with Gasteiger partial charge in [-0.2, -0.15) is 13.2 Å². The highest BCUT2D eigenvalue weighted by Crippen LogP contribution is 2.28. The summed E-state index contributed by atoms with van der Waals surface area (Å²) in [5.41, 5.74) is -0.199. The molecule has 1 saturated heterocycles. The largest absolute Gasteiger partial charge is 0.494 e. The van der Waals surface area contributed by atoms with Crippen molar-refractivity contribution in [3.63, 3.8) is 0 Å². The van der Waals surface area contributed by atoms with E-state index in [1.165, 1.54) is 12.3 Å². The van der Waals surface area contributed by atoms with Crippen molar-refractivity contribution in [1.82, 2.24) is 15.0 Å². The Morgan fingerprint density at radius 1 is 0.917 bits per heavy atom. The van der Waals surface area contributed by atoms with Gasteiger partial charge >= 0.3 is 6.18 Å². The Morgan fingerprint density at radius 3 is 2.04 bits per heavy atom. The Labute approximate surface area is 136 Å². The van der Waals surface area contributed by atoms with Crippen LogP contribution < -0.4 is 14.5 Å².